The number of anilines is 2. The fourth-order valence-corrected chi connectivity index (χ4v) is 1.68. The van der Waals surface area contributed by atoms with Crippen LogP contribution < -0.4 is 5.32 Å². The topological polar surface area (TPSA) is 75.4 Å². The number of nitrogens with one attached hydrogen (secondary N) is 1. The minimum absolute atomic E-state index is 0.294. The molecule has 2 rings (SSSR count). The van der Waals surface area contributed by atoms with Crippen molar-refractivity contribution in [3.05, 3.63) is 41.8 Å². The van der Waals surface area contributed by atoms with Gasteiger partial charge in [0, 0.05) is 5.69 Å². The Kier molecular flexibility index (Phi) is 3.87. The molecule has 0 bridgehead atoms. The number of rotatable bonds is 4. The average Bonchev–Trinajstić information content (AvgIpc) is 2.87. The molecule has 0 aliphatic carbocycles. The second-order valence-electron chi connectivity index (χ2n) is 5.17. The first-order valence-corrected chi connectivity index (χ1v) is 6.24. The van der Waals surface area contributed by atoms with Gasteiger partial charge < -0.3 is 14.8 Å². The maximum absolute atomic E-state index is 12.4. The molecule has 0 unspecified atom stereocenters. The Morgan fingerprint density at radius 3 is 2.27 bits per heavy atom. The SMILES string of the molecule is CC(C)(C(=O)O)c1ccc(Nc2nc(C(F)(F)F)co2)cc1. The Balaban J connectivity index is 2.15. The third kappa shape index (κ3) is 3.21. The zero-order valence-corrected chi connectivity index (χ0v) is 11.7. The lowest BCUT2D eigenvalue weighted by molar-refractivity contribution is -0.142. The maximum Gasteiger partial charge on any atom is 0.436 e. The van der Waals surface area contributed by atoms with E-state index < -0.39 is 23.3 Å². The minimum atomic E-state index is -4.57. The summed E-state index contributed by atoms with van der Waals surface area (Å²) in [4.78, 5) is 14.4. The molecule has 22 heavy (non-hydrogen) atoms. The molecular weight excluding hydrogens is 301 g/mol. The summed E-state index contributed by atoms with van der Waals surface area (Å²) in [6.45, 7) is 3.11. The van der Waals surface area contributed by atoms with Crippen LogP contribution in [0.25, 0.3) is 0 Å². The number of aromatic nitrogens is 1. The van der Waals surface area contributed by atoms with E-state index in [0.29, 0.717) is 17.5 Å². The number of carboxylic acid groups (broad SMARTS) is 1. The second kappa shape index (κ2) is 5.36. The van der Waals surface area contributed by atoms with Crippen molar-refractivity contribution >= 4 is 17.7 Å². The van der Waals surface area contributed by atoms with Crippen LogP contribution in [0.4, 0.5) is 24.9 Å². The smallest absolute Gasteiger partial charge is 0.436 e. The molecular formula is C14H13F3N2O3. The normalized spacial score (nSPS) is 12.2. The highest BCUT2D eigenvalue weighted by Crippen LogP contribution is 2.30. The van der Waals surface area contributed by atoms with Crippen LogP contribution in [0, 0.1) is 0 Å². The van der Waals surface area contributed by atoms with Crippen molar-refractivity contribution in [2.75, 3.05) is 5.32 Å². The second-order valence-corrected chi connectivity index (χ2v) is 5.17. The van der Waals surface area contributed by atoms with Crippen molar-refractivity contribution < 1.29 is 27.5 Å². The number of oxazole rings is 1. The van der Waals surface area contributed by atoms with Crippen LogP contribution in [0.1, 0.15) is 25.1 Å². The quantitative estimate of drug-likeness (QED) is 0.898. The Labute approximate surface area is 123 Å². The van der Waals surface area contributed by atoms with Crippen molar-refractivity contribution in [2.24, 2.45) is 0 Å². The zero-order valence-electron chi connectivity index (χ0n) is 11.7. The van der Waals surface area contributed by atoms with Gasteiger partial charge >= 0.3 is 12.1 Å². The minimum Gasteiger partial charge on any atom is -0.481 e. The summed E-state index contributed by atoms with van der Waals surface area (Å²) in [7, 11) is 0. The molecule has 0 aliphatic rings. The monoisotopic (exact) mass is 314 g/mol. The van der Waals surface area contributed by atoms with Crippen molar-refractivity contribution in [1.82, 2.24) is 4.98 Å². The van der Waals surface area contributed by atoms with E-state index >= 15 is 0 Å². The Morgan fingerprint density at radius 1 is 1.23 bits per heavy atom. The molecule has 1 aromatic carbocycles. The number of nitrogens with zero attached hydrogens (tertiary/aromatic N) is 1. The predicted octanol–water partition coefficient (Wildman–Crippen LogP) is 3.80. The van der Waals surface area contributed by atoms with E-state index in [-0.39, 0.29) is 6.01 Å². The molecule has 1 aromatic heterocycles. The van der Waals surface area contributed by atoms with Gasteiger partial charge in [-0.15, -0.1) is 0 Å². The molecule has 5 nitrogen and oxygen atoms in total. The molecule has 0 atom stereocenters. The molecule has 0 aliphatic heterocycles. The molecule has 118 valence electrons. The number of alkyl halides is 3. The van der Waals surface area contributed by atoms with Crippen molar-refractivity contribution in [2.45, 2.75) is 25.4 Å². The first-order valence-electron chi connectivity index (χ1n) is 6.24. The van der Waals surface area contributed by atoms with E-state index in [1.165, 1.54) is 12.1 Å². The van der Waals surface area contributed by atoms with Crippen molar-refractivity contribution in [1.29, 1.82) is 0 Å². The van der Waals surface area contributed by atoms with Gasteiger partial charge in [0.25, 0.3) is 6.01 Å². The van der Waals surface area contributed by atoms with E-state index in [2.05, 4.69) is 10.3 Å². The highest BCUT2D eigenvalue weighted by molar-refractivity contribution is 5.80. The fraction of sp³-hybridized carbons (Fsp3) is 0.286. The summed E-state index contributed by atoms with van der Waals surface area (Å²) >= 11 is 0. The van der Waals surface area contributed by atoms with Crippen LogP contribution >= 0.6 is 0 Å². The van der Waals surface area contributed by atoms with Gasteiger partial charge in [0.2, 0.25) is 0 Å². The van der Waals surface area contributed by atoms with Gasteiger partial charge in [-0.25, -0.2) is 0 Å². The first kappa shape index (κ1) is 15.9. The molecule has 0 amide bonds. The summed E-state index contributed by atoms with van der Waals surface area (Å²) in [6.07, 6.45) is -4.05. The largest absolute Gasteiger partial charge is 0.481 e. The predicted molar refractivity (Wildman–Crippen MR) is 71.9 cm³/mol. The lowest BCUT2D eigenvalue weighted by Crippen LogP contribution is -2.28. The fourth-order valence-electron chi connectivity index (χ4n) is 1.68. The van der Waals surface area contributed by atoms with Gasteiger partial charge in [-0.2, -0.15) is 18.2 Å². The van der Waals surface area contributed by atoms with Gasteiger partial charge in [0.1, 0.15) is 6.26 Å². The molecule has 2 aromatic rings. The number of benzene rings is 1. The number of halogens is 3. The third-order valence-corrected chi connectivity index (χ3v) is 3.19. The molecule has 0 spiro atoms. The van der Waals surface area contributed by atoms with Crippen molar-refractivity contribution in [3.63, 3.8) is 0 Å². The number of aliphatic carboxylic acids is 1. The Hall–Kier alpha value is -2.51. The third-order valence-electron chi connectivity index (χ3n) is 3.19. The van der Waals surface area contributed by atoms with Gasteiger partial charge in [-0.3, -0.25) is 4.79 Å². The highest BCUT2D eigenvalue weighted by atomic mass is 19.4. The standard InChI is InChI=1S/C14H13F3N2O3/c1-13(2,11(20)21)8-3-5-9(6-4-8)18-12-19-10(7-22-12)14(15,16)17/h3-7H,1-2H3,(H,18,19)(H,20,21). The summed E-state index contributed by atoms with van der Waals surface area (Å²) in [5.41, 5.74) is -1.20. The molecule has 0 fully saturated rings. The Bertz CT molecular complexity index is 675. The molecule has 0 saturated carbocycles. The molecule has 0 radical (unpaired) electrons. The first-order chi connectivity index (χ1) is 10.1. The summed E-state index contributed by atoms with van der Waals surface area (Å²) < 4.78 is 41.9. The lowest BCUT2D eigenvalue weighted by Gasteiger charge is -2.19. The van der Waals surface area contributed by atoms with Crippen LogP contribution in [-0.2, 0) is 16.4 Å². The molecule has 2 N–H and O–H groups in total. The Morgan fingerprint density at radius 2 is 1.82 bits per heavy atom. The zero-order chi connectivity index (χ0) is 16.5. The summed E-state index contributed by atoms with van der Waals surface area (Å²) in [6, 6.07) is 5.93. The number of hydrogen-bond acceptors (Lipinski definition) is 4. The van der Waals surface area contributed by atoms with Gasteiger partial charge in [0.15, 0.2) is 5.69 Å². The van der Waals surface area contributed by atoms with Gasteiger partial charge in [0.05, 0.1) is 5.41 Å². The van der Waals surface area contributed by atoms with Crippen LogP contribution in [-0.4, -0.2) is 16.1 Å². The van der Waals surface area contributed by atoms with Crippen molar-refractivity contribution in [3.8, 4) is 0 Å². The van der Waals surface area contributed by atoms with Crippen LogP contribution in [0.5, 0.6) is 0 Å². The van der Waals surface area contributed by atoms with E-state index in [1.807, 2.05) is 0 Å². The van der Waals surface area contributed by atoms with Gasteiger partial charge in [-0.1, -0.05) is 12.1 Å². The number of carboxylic acids is 1. The lowest BCUT2D eigenvalue weighted by atomic mass is 9.85. The number of carbonyl (C=O) groups is 1. The molecule has 8 heteroatoms. The van der Waals surface area contributed by atoms with Gasteiger partial charge in [-0.05, 0) is 31.5 Å². The van der Waals surface area contributed by atoms with E-state index in [9.17, 15) is 18.0 Å². The summed E-state index contributed by atoms with van der Waals surface area (Å²) in [5, 5.41) is 11.7. The van der Waals surface area contributed by atoms with E-state index in [4.69, 9.17) is 9.52 Å². The average molecular weight is 314 g/mol. The van der Waals surface area contributed by atoms with Crippen LogP contribution in [0.3, 0.4) is 0 Å². The van der Waals surface area contributed by atoms with Crippen LogP contribution in [0.15, 0.2) is 34.9 Å². The summed E-state index contributed by atoms with van der Waals surface area (Å²) in [5.74, 6) is -0.976. The number of hydrogen-bond donors (Lipinski definition) is 2. The molecule has 1 heterocycles. The van der Waals surface area contributed by atoms with Crippen LogP contribution in [0.2, 0.25) is 0 Å². The van der Waals surface area contributed by atoms with E-state index in [0.717, 1.165) is 0 Å². The molecule has 0 saturated heterocycles. The highest BCUT2D eigenvalue weighted by Gasteiger charge is 2.35. The maximum atomic E-state index is 12.4. The van der Waals surface area contributed by atoms with E-state index in [1.54, 1.807) is 26.0 Å².